The molecular weight excluding hydrogens is 266 g/mol. The Bertz CT molecular complexity index is 390. The van der Waals surface area contributed by atoms with Crippen LogP contribution in [-0.2, 0) is 9.59 Å². The van der Waals surface area contributed by atoms with Crippen LogP contribution in [0.3, 0.4) is 0 Å². The molecule has 4 unspecified atom stereocenters. The van der Waals surface area contributed by atoms with Crippen molar-refractivity contribution in [3.63, 3.8) is 0 Å². The smallest absolute Gasteiger partial charge is 0.228 e. The van der Waals surface area contributed by atoms with Crippen LogP contribution in [0.2, 0.25) is 0 Å². The molecule has 0 aromatic rings. The summed E-state index contributed by atoms with van der Waals surface area (Å²) in [7, 11) is 1.77. The number of hydrogen-bond acceptors (Lipinski definition) is 3. The highest BCUT2D eigenvalue weighted by molar-refractivity contribution is 5.89. The number of carbonyl (C=O) groups is 2. The Morgan fingerprint density at radius 1 is 1.26 bits per heavy atom. The van der Waals surface area contributed by atoms with Crippen molar-refractivity contribution in [1.82, 2.24) is 9.80 Å². The zero-order valence-electron chi connectivity index (χ0n) is 11.2. The minimum Gasteiger partial charge on any atom is -0.345 e. The molecule has 0 spiro atoms. The van der Waals surface area contributed by atoms with Crippen LogP contribution < -0.4 is 5.73 Å². The zero-order valence-corrected chi connectivity index (χ0v) is 12.1. The number of nitrogens with zero attached hydrogens (tertiary/aromatic N) is 2. The molecular formula is C13H22ClN3O2. The fourth-order valence-corrected chi connectivity index (χ4v) is 3.77. The van der Waals surface area contributed by atoms with Gasteiger partial charge in [-0.25, -0.2) is 0 Å². The van der Waals surface area contributed by atoms with Gasteiger partial charge < -0.3 is 15.5 Å². The summed E-state index contributed by atoms with van der Waals surface area (Å²) >= 11 is 0. The van der Waals surface area contributed by atoms with Gasteiger partial charge in [-0.15, -0.1) is 12.4 Å². The summed E-state index contributed by atoms with van der Waals surface area (Å²) in [4.78, 5) is 27.5. The number of halogens is 1. The number of fused-ring (bicyclic) bond motifs is 1. The first-order valence-electron chi connectivity index (χ1n) is 6.84. The van der Waals surface area contributed by atoms with Crippen molar-refractivity contribution in [1.29, 1.82) is 0 Å². The summed E-state index contributed by atoms with van der Waals surface area (Å²) in [6, 6.07) is 0.265. The Balaban J connectivity index is 0.00000133. The van der Waals surface area contributed by atoms with E-state index < -0.39 is 0 Å². The third-order valence-electron chi connectivity index (χ3n) is 4.91. The number of likely N-dealkylation sites (tertiary alicyclic amines) is 2. The first-order valence-corrected chi connectivity index (χ1v) is 6.84. The molecule has 5 nitrogen and oxygen atoms in total. The van der Waals surface area contributed by atoms with E-state index in [1.54, 1.807) is 11.9 Å². The molecule has 0 aromatic carbocycles. The highest BCUT2D eigenvalue weighted by Crippen LogP contribution is 2.38. The average Bonchev–Trinajstić information content (AvgIpc) is 2.98. The maximum Gasteiger partial charge on any atom is 0.228 e. The van der Waals surface area contributed by atoms with Gasteiger partial charge in [-0.3, -0.25) is 9.59 Å². The first-order chi connectivity index (χ1) is 8.56. The largest absolute Gasteiger partial charge is 0.345 e. The van der Waals surface area contributed by atoms with Crippen molar-refractivity contribution in [2.24, 2.45) is 23.5 Å². The van der Waals surface area contributed by atoms with E-state index in [9.17, 15) is 9.59 Å². The Hall–Kier alpha value is -0.810. The van der Waals surface area contributed by atoms with Gasteiger partial charge in [0.15, 0.2) is 0 Å². The number of rotatable bonds is 1. The lowest BCUT2D eigenvalue weighted by molar-refractivity contribution is -0.135. The van der Waals surface area contributed by atoms with Crippen LogP contribution in [0.4, 0.5) is 0 Å². The van der Waals surface area contributed by atoms with E-state index in [0.29, 0.717) is 24.8 Å². The van der Waals surface area contributed by atoms with Gasteiger partial charge in [-0.05, 0) is 24.7 Å². The van der Waals surface area contributed by atoms with E-state index in [-0.39, 0.29) is 36.2 Å². The van der Waals surface area contributed by atoms with Crippen molar-refractivity contribution in [2.45, 2.75) is 25.3 Å². The Morgan fingerprint density at radius 3 is 2.58 bits per heavy atom. The fourth-order valence-electron chi connectivity index (χ4n) is 3.77. The Morgan fingerprint density at radius 2 is 2.00 bits per heavy atom. The van der Waals surface area contributed by atoms with E-state index in [1.807, 2.05) is 4.90 Å². The van der Waals surface area contributed by atoms with Crippen molar-refractivity contribution < 1.29 is 9.59 Å². The summed E-state index contributed by atoms with van der Waals surface area (Å²) in [6.45, 7) is 2.24. The summed E-state index contributed by atoms with van der Waals surface area (Å²) in [5.74, 6) is 1.21. The molecule has 1 saturated carbocycles. The lowest BCUT2D eigenvalue weighted by Crippen LogP contribution is -2.37. The van der Waals surface area contributed by atoms with Crippen LogP contribution in [0.25, 0.3) is 0 Å². The van der Waals surface area contributed by atoms with Crippen LogP contribution in [0.15, 0.2) is 0 Å². The van der Waals surface area contributed by atoms with Gasteiger partial charge in [0.05, 0.1) is 5.92 Å². The van der Waals surface area contributed by atoms with Crippen molar-refractivity contribution in [2.75, 3.05) is 26.7 Å². The Kier molecular flexibility index (Phi) is 4.06. The van der Waals surface area contributed by atoms with Crippen LogP contribution in [0.1, 0.15) is 19.3 Å². The Labute approximate surface area is 119 Å². The quantitative estimate of drug-likeness (QED) is 0.743. The second-order valence-corrected chi connectivity index (χ2v) is 6.08. The van der Waals surface area contributed by atoms with Crippen LogP contribution in [0.5, 0.6) is 0 Å². The molecule has 2 saturated heterocycles. The molecule has 19 heavy (non-hydrogen) atoms. The minimum absolute atomic E-state index is 0. The lowest BCUT2D eigenvalue weighted by Gasteiger charge is -2.21. The number of hydrogen-bond donors (Lipinski definition) is 1. The predicted molar refractivity (Wildman–Crippen MR) is 73.8 cm³/mol. The highest BCUT2D eigenvalue weighted by atomic mass is 35.5. The second-order valence-electron chi connectivity index (χ2n) is 6.08. The van der Waals surface area contributed by atoms with Crippen LogP contribution in [0, 0.1) is 17.8 Å². The molecule has 2 heterocycles. The summed E-state index contributed by atoms with van der Waals surface area (Å²) in [6.07, 6.45) is 2.63. The van der Waals surface area contributed by atoms with E-state index in [4.69, 9.17) is 5.73 Å². The van der Waals surface area contributed by atoms with Crippen molar-refractivity contribution >= 4 is 24.2 Å². The van der Waals surface area contributed by atoms with Gasteiger partial charge in [0.1, 0.15) is 0 Å². The third-order valence-corrected chi connectivity index (χ3v) is 4.91. The standard InChI is InChI=1S/C13H21N3O2.ClH/c1-15-5-9(4-12(15)17)13(18)16-6-8-2-3-11(14)10(8)7-16;/h8-11H,2-7,14H2,1H3;1H. The monoisotopic (exact) mass is 287 g/mol. The zero-order chi connectivity index (χ0) is 12.9. The lowest BCUT2D eigenvalue weighted by atomic mass is 9.98. The van der Waals surface area contributed by atoms with Gasteiger partial charge >= 0.3 is 0 Å². The molecule has 3 fully saturated rings. The molecule has 4 atom stereocenters. The normalized spacial score (nSPS) is 37.5. The van der Waals surface area contributed by atoms with Crippen LogP contribution in [-0.4, -0.2) is 54.3 Å². The molecule has 3 aliphatic rings. The second kappa shape index (κ2) is 5.29. The molecule has 2 amide bonds. The maximum atomic E-state index is 12.4. The summed E-state index contributed by atoms with van der Waals surface area (Å²) in [5.41, 5.74) is 6.08. The fraction of sp³-hybridized carbons (Fsp3) is 0.846. The average molecular weight is 288 g/mol. The predicted octanol–water partition coefficient (Wildman–Crippen LogP) is 0.0822. The van der Waals surface area contributed by atoms with Crippen LogP contribution >= 0.6 is 12.4 Å². The molecule has 108 valence electrons. The van der Waals surface area contributed by atoms with E-state index >= 15 is 0 Å². The van der Waals surface area contributed by atoms with Gasteiger partial charge in [0.2, 0.25) is 11.8 Å². The van der Waals surface area contributed by atoms with Gasteiger partial charge in [0, 0.05) is 39.1 Å². The number of amides is 2. The molecule has 0 bridgehead atoms. The summed E-state index contributed by atoms with van der Waals surface area (Å²) in [5, 5.41) is 0. The molecule has 1 aliphatic carbocycles. The van der Waals surface area contributed by atoms with Gasteiger partial charge in [-0.1, -0.05) is 0 Å². The molecule has 0 aromatic heterocycles. The summed E-state index contributed by atoms with van der Waals surface area (Å²) < 4.78 is 0. The molecule has 3 rings (SSSR count). The third kappa shape index (κ3) is 2.46. The van der Waals surface area contributed by atoms with Gasteiger partial charge in [0.25, 0.3) is 0 Å². The van der Waals surface area contributed by atoms with Crippen molar-refractivity contribution in [3.8, 4) is 0 Å². The number of carbonyl (C=O) groups excluding carboxylic acids is 2. The maximum absolute atomic E-state index is 12.4. The number of nitrogens with two attached hydrogens (primary N) is 1. The molecule has 0 radical (unpaired) electrons. The first kappa shape index (κ1) is 14.6. The van der Waals surface area contributed by atoms with Gasteiger partial charge in [-0.2, -0.15) is 0 Å². The molecule has 2 N–H and O–H groups in total. The van der Waals surface area contributed by atoms with E-state index in [2.05, 4.69) is 0 Å². The highest BCUT2D eigenvalue weighted by Gasteiger charge is 2.44. The SMILES string of the molecule is CN1CC(C(=O)N2CC3CCC(N)C3C2)CC1=O.Cl. The van der Waals surface area contributed by atoms with E-state index in [0.717, 1.165) is 25.9 Å². The minimum atomic E-state index is -0.127. The topological polar surface area (TPSA) is 66.6 Å². The van der Waals surface area contributed by atoms with Crippen molar-refractivity contribution in [3.05, 3.63) is 0 Å². The van der Waals surface area contributed by atoms with E-state index in [1.165, 1.54) is 0 Å². The molecule has 2 aliphatic heterocycles. The molecule has 6 heteroatoms.